The standard InChI is InChI=1S/C21H22ClN3OS/c1-27-17-7-6-15-12-16(21(22)23-18(15)13-17)14-24-8-10-25(11-9-24)19-4-2-3-5-20(19)26/h2-7,12-13,26H,8-11,14H2,1H3/p+1. The number of phenolic OH excluding ortho intramolecular Hbond substituents is 1. The number of nitrogens with one attached hydrogen (secondary N) is 1. The number of phenols is 1. The Kier molecular flexibility index (Phi) is 5.43. The largest absolute Gasteiger partial charge is 0.506 e. The first kappa shape index (κ1) is 18.4. The Labute approximate surface area is 168 Å². The summed E-state index contributed by atoms with van der Waals surface area (Å²) in [6, 6.07) is 16.1. The Hall–Kier alpha value is -1.95. The predicted octanol–water partition coefficient (Wildman–Crippen LogP) is 3.22. The fourth-order valence-corrected chi connectivity index (χ4v) is 4.31. The number of para-hydroxylation sites is 2. The van der Waals surface area contributed by atoms with E-state index in [2.05, 4.69) is 40.4 Å². The van der Waals surface area contributed by atoms with Gasteiger partial charge in [-0.3, -0.25) is 0 Å². The van der Waals surface area contributed by atoms with Crippen molar-refractivity contribution in [2.75, 3.05) is 37.3 Å². The molecule has 1 aliphatic rings. The van der Waals surface area contributed by atoms with Gasteiger partial charge in [-0.2, -0.15) is 0 Å². The van der Waals surface area contributed by atoms with Crippen LogP contribution in [0.5, 0.6) is 5.75 Å². The number of hydrogen-bond donors (Lipinski definition) is 2. The first-order valence-corrected chi connectivity index (χ1v) is 10.7. The van der Waals surface area contributed by atoms with Crippen molar-refractivity contribution in [3.05, 3.63) is 59.2 Å². The molecule has 0 spiro atoms. The molecular formula is C21H23ClN3OS+. The molecule has 0 unspecified atom stereocenters. The lowest BCUT2D eigenvalue weighted by atomic mass is 10.1. The second-order valence-corrected chi connectivity index (χ2v) is 8.14. The molecule has 2 aromatic carbocycles. The van der Waals surface area contributed by atoms with Crippen molar-refractivity contribution in [3.8, 4) is 5.75 Å². The number of rotatable bonds is 4. The number of thioether (sulfide) groups is 1. The summed E-state index contributed by atoms with van der Waals surface area (Å²) in [7, 11) is 0. The molecule has 1 aromatic heterocycles. The molecule has 0 amide bonds. The molecule has 4 nitrogen and oxygen atoms in total. The Balaban J connectivity index is 1.46. The summed E-state index contributed by atoms with van der Waals surface area (Å²) in [6.45, 7) is 4.73. The second-order valence-electron chi connectivity index (χ2n) is 6.90. The van der Waals surface area contributed by atoms with Gasteiger partial charge >= 0.3 is 0 Å². The van der Waals surface area contributed by atoms with E-state index in [4.69, 9.17) is 11.6 Å². The summed E-state index contributed by atoms with van der Waals surface area (Å²) in [4.78, 5) is 9.56. The van der Waals surface area contributed by atoms with Gasteiger partial charge in [0.05, 0.1) is 37.4 Å². The molecule has 1 aliphatic heterocycles. The van der Waals surface area contributed by atoms with Gasteiger partial charge in [0.25, 0.3) is 0 Å². The second kappa shape index (κ2) is 7.97. The number of fused-ring (bicyclic) bond motifs is 1. The van der Waals surface area contributed by atoms with Crippen molar-refractivity contribution < 1.29 is 10.0 Å². The van der Waals surface area contributed by atoms with Gasteiger partial charge in [-0.25, -0.2) is 4.98 Å². The lowest BCUT2D eigenvalue weighted by Crippen LogP contribution is -3.13. The van der Waals surface area contributed by atoms with E-state index in [0.717, 1.165) is 54.9 Å². The van der Waals surface area contributed by atoms with Crippen molar-refractivity contribution in [2.24, 2.45) is 0 Å². The van der Waals surface area contributed by atoms with E-state index in [1.807, 2.05) is 18.2 Å². The number of hydrogen-bond acceptors (Lipinski definition) is 4. The Morgan fingerprint density at radius 1 is 1.15 bits per heavy atom. The van der Waals surface area contributed by atoms with Crippen LogP contribution in [0.15, 0.2) is 53.4 Å². The predicted molar refractivity (Wildman–Crippen MR) is 113 cm³/mol. The smallest absolute Gasteiger partial charge is 0.138 e. The van der Waals surface area contributed by atoms with Crippen molar-refractivity contribution in [1.82, 2.24) is 4.98 Å². The highest BCUT2D eigenvalue weighted by Gasteiger charge is 2.23. The first-order valence-electron chi connectivity index (χ1n) is 9.14. The van der Waals surface area contributed by atoms with Gasteiger partial charge in [0.15, 0.2) is 0 Å². The van der Waals surface area contributed by atoms with E-state index < -0.39 is 0 Å². The summed E-state index contributed by atoms with van der Waals surface area (Å²) in [6.07, 6.45) is 2.06. The summed E-state index contributed by atoms with van der Waals surface area (Å²) in [5.74, 6) is 0.354. The third kappa shape index (κ3) is 4.00. The summed E-state index contributed by atoms with van der Waals surface area (Å²) < 4.78 is 0. The number of halogens is 1. The van der Waals surface area contributed by atoms with E-state index in [-0.39, 0.29) is 0 Å². The average Bonchev–Trinajstić information content (AvgIpc) is 2.69. The third-order valence-electron chi connectivity index (χ3n) is 5.18. The van der Waals surface area contributed by atoms with Gasteiger partial charge in [-0.15, -0.1) is 11.8 Å². The zero-order valence-electron chi connectivity index (χ0n) is 15.3. The van der Waals surface area contributed by atoms with Crippen molar-refractivity contribution in [1.29, 1.82) is 0 Å². The number of benzene rings is 2. The zero-order valence-corrected chi connectivity index (χ0v) is 16.9. The molecule has 27 heavy (non-hydrogen) atoms. The van der Waals surface area contributed by atoms with Crippen LogP contribution < -0.4 is 9.80 Å². The molecule has 1 saturated heterocycles. The van der Waals surface area contributed by atoms with Gasteiger partial charge in [-0.05, 0) is 36.6 Å². The SMILES string of the molecule is CSc1ccc2cc(C[NH+]3CCN(c4ccccc4O)CC3)c(Cl)nc2c1. The van der Waals surface area contributed by atoms with E-state index in [1.54, 1.807) is 17.8 Å². The molecule has 0 atom stereocenters. The highest BCUT2D eigenvalue weighted by atomic mass is 35.5. The minimum absolute atomic E-state index is 0.354. The van der Waals surface area contributed by atoms with Crippen LogP contribution in [0, 0.1) is 0 Å². The molecule has 4 rings (SSSR count). The topological polar surface area (TPSA) is 40.8 Å². The minimum Gasteiger partial charge on any atom is -0.506 e. The Morgan fingerprint density at radius 3 is 2.67 bits per heavy atom. The molecule has 0 aliphatic carbocycles. The van der Waals surface area contributed by atoms with Gasteiger partial charge < -0.3 is 14.9 Å². The summed E-state index contributed by atoms with van der Waals surface area (Å²) in [5, 5.41) is 11.8. The van der Waals surface area contributed by atoms with E-state index in [0.29, 0.717) is 10.9 Å². The quantitative estimate of drug-likeness (QED) is 0.521. The van der Waals surface area contributed by atoms with Crippen molar-refractivity contribution in [2.45, 2.75) is 11.4 Å². The van der Waals surface area contributed by atoms with Crippen LogP contribution in [0.4, 0.5) is 5.69 Å². The number of aromatic hydroxyl groups is 1. The molecular weight excluding hydrogens is 378 g/mol. The van der Waals surface area contributed by atoms with Crippen LogP contribution in [0.3, 0.4) is 0 Å². The number of piperazine rings is 1. The molecule has 2 N–H and O–H groups in total. The van der Waals surface area contributed by atoms with Crippen LogP contribution in [-0.2, 0) is 6.54 Å². The van der Waals surface area contributed by atoms with Crippen LogP contribution in [0.2, 0.25) is 5.15 Å². The van der Waals surface area contributed by atoms with Gasteiger partial charge in [0.1, 0.15) is 17.4 Å². The lowest BCUT2D eigenvalue weighted by molar-refractivity contribution is -0.914. The van der Waals surface area contributed by atoms with Crippen LogP contribution in [0.25, 0.3) is 10.9 Å². The Bertz CT molecular complexity index is 957. The number of aromatic nitrogens is 1. The minimum atomic E-state index is 0.354. The third-order valence-corrected chi connectivity index (χ3v) is 6.24. The van der Waals surface area contributed by atoms with Crippen LogP contribution in [0.1, 0.15) is 5.56 Å². The molecule has 0 saturated carbocycles. The Morgan fingerprint density at radius 2 is 1.93 bits per heavy atom. The van der Waals surface area contributed by atoms with E-state index in [9.17, 15) is 5.11 Å². The normalized spacial score (nSPS) is 15.4. The molecule has 1 fully saturated rings. The van der Waals surface area contributed by atoms with E-state index in [1.165, 1.54) is 9.80 Å². The van der Waals surface area contributed by atoms with Crippen LogP contribution >= 0.6 is 23.4 Å². The highest BCUT2D eigenvalue weighted by Crippen LogP contribution is 2.27. The number of nitrogens with zero attached hydrogens (tertiary/aromatic N) is 2. The maximum atomic E-state index is 10.1. The molecule has 140 valence electrons. The van der Waals surface area contributed by atoms with Gasteiger partial charge in [0.2, 0.25) is 0 Å². The van der Waals surface area contributed by atoms with E-state index >= 15 is 0 Å². The summed E-state index contributed by atoms with van der Waals surface area (Å²) >= 11 is 8.20. The highest BCUT2D eigenvalue weighted by molar-refractivity contribution is 7.98. The monoisotopic (exact) mass is 400 g/mol. The van der Waals surface area contributed by atoms with Crippen molar-refractivity contribution in [3.63, 3.8) is 0 Å². The molecule has 0 radical (unpaired) electrons. The fourth-order valence-electron chi connectivity index (χ4n) is 3.66. The van der Waals surface area contributed by atoms with Gasteiger partial charge in [0, 0.05) is 15.8 Å². The summed E-state index contributed by atoms with van der Waals surface area (Å²) in [5.41, 5.74) is 2.98. The number of anilines is 1. The lowest BCUT2D eigenvalue weighted by Gasteiger charge is -2.34. The number of quaternary nitrogens is 1. The molecule has 3 aromatic rings. The van der Waals surface area contributed by atoms with Crippen LogP contribution in [-0.4, -0.2) is 42.5 Å². The maximum absolute atomic E-state index is 10.1. The van der Waals surface area contributed by atoms with Crippen molar-refractivity contribution >= 4 is 40.0 Å². The molecule has 6 heteroatoms. The molecule has 2 heterocycles. The first-order chi connectivity index (χ1) is 13.1. The maximum Gasteiger partial charge on any atom is 0.138 e. The van der Waals surface area contributed by atoms with Gasteiger partial charge in [-0.1, -0.05) is 29.8 Å². The fraction of sp³-hybridized carbons (Fsp3) is 0.286. The number of pyridine rings is 1. The zero-order chi connectivity index (χ0) is 18.8. The average molecular weight is 401 g/mol. The molecule has 0 bridgehead atoms.